The second-order valence-corrected chi connectivity index (χ2v) is 8.17. The van der Waals surface area contributed by atoms with Crippen LogP contribution in [0.15, 0.2) is 35.9 Å². The van der Waals surface area contributed by atoms with Crippen LogP contribution in [0, 0.1) is 0 Å². The molecular formula is C26H34O6. The highest BCUT2D eigenvalue weighted by molar-refractivity contribution is 6.27. The molecular weight excluding hydrogens is 408 g/mol. The van der Waals surface area contributed by atoms with Gasteiger partial charge in [0.05, 0.1) is 11.1 Å². The molecule has 0 aliphatic heterocycles. The van der Waals surface area contributed by atoms with E-state index in [1.54, 1.807) is 6.08 Å². The van der Waals surface area contributed by atoms with E-state index in [1.807, 2.05) is 6.92 Å². The number of phenols is 2. The Hall–Kier alpha value is -2.89. The Labute approximate surface area is 190 Å². The van der Waals surface area contributed by atoms with Crippen LogP contribution in [-0.2, 0) is 9.53 Å². The molecule has 6 heteroatoms. The first kappa shape index (κ1) is 25.4. The van der Waals surface area contributed by atoms with E-state index in [-0.39, 0.29) is 28.2 Å². The summed E-state index contributed by atoms with van der Waals surface area (Å²) >= 11 is 0. The SMILES string of the molecule is CCCC=CC(=O)OC(CCCCCCCCC)C1=CC(=O)c2c(O)ccc(O)c2C1=O. The maximum atomic E-state index is 13.1. The highest BCUT2D eigenvalue weighted by Gasteiger charge is 2.35. The third kappa shape index (κ3) is 6.81. The fourth-order valence-corrected chi connectivity index (χ4v) is 3.81. The van der Waals surface area contributed by atoms with Crippen molar-refractivity contribution in [3.8, 4) is 11.5 Å². The number of allylic oxidation sites excluding steroid dienone is 2. The Morgan fingerprint density at radius 1 is 0.938 bits per heavy atom. The molecule has 0 radical (unpaired) electrons. The van der Waals surface area contributed by atoms with Gasteiger partial charge in [-0.2, -0.15) is 0 Å². The summed E-state index contributed by atoms with van der Waals surface area (Å²) in [6, 6.07) is 2.35. The second-order valence-electron chi connectivity index (χ2n) is 8.17. The number of ether oxygens (including phenoxy) is 1. The lowest BCUT2D eigenvalue weighted by molar-refractivity contribution is -0.141. The molecule has 2 N–H and O–H groups in total. The highest BCUT2D eigenvalue weighted by Crippen LogP contribution is 2.36. The number of hydrogen-bond donors (Lipinski definition) is 2. The summed E-state index contributed by atoms with van der Waals surface area (Å²) in [6.45, 7) is 4.16. The number of Topliss-reactive ketones (excluding diaryl/α,β-unsaturated/α-hetero) is 1. The van der Waals surface area contributed by atoms with Gasteiger partial charge in [-0.15, -0.1) is 0 Å². The number of unbranched alkanes of at least 4 members (excludes halogenated alkanes) is 7. The lowest BCUT2D eigenvalue weighted by Gasteiger charge is -2.24. The summed E-state index contributed by atoms with van der Waals surface area (Å²) in [4.78, 5) is 38.1. The van der Waals surface area contributed by atoms with Crippen molar-refractivity contribution in [1.29, 1.82) is 0 Å². The van der Waals surface area contributed by atoms with E-state index in [0.717, 1.165) is 44.6 Å². The molecule has 0 spiro atoms. The van der Waals surface area contributed by atoms with Crippen molar-refractivity contribution in [3.05, 3.63) is 47.1 Å². The van der Waals surface area contributed by atoms with Gasteiger partial charge in [-0.25, -0.2) is 4.79 Å². The summed E-state index contributed by atoms with van der Waals surface area (Å²) in [6.07, 6.45) is 12.8. The quantitative estimate of drug-likeness (QED) is 0.173. The summed E-state index contributed by atoms with van der Waals surface area (Å²) in [7, 11) is 0. The molecule has 1 aromatic rings. The lowest BCUT2D eigenvalue weighted by Crippen LogP contribution is -2.29. The molecule has 0 aromatic heterocycles. The maximum Gasteiger partial charge on any atom is 0.331 e. The van der Waals surface area contributed by atoms with Gasteiger partial charge in [0.1, 0.15) is 17.6 Å². The van der Waals surface area contributed by atoms with Gasteiger partial charge in [-0.3, -0.25) is 9.59 Å². The molecule has 1 aromatic carbocycles. The van der Waals surface area contributed by atoms with Gasteiger partial charge in [0.15, 0.2) is 11.6 Å². The number of fused-ring (bicyclic) bond motifs is 1. The molecule has 6 nitrogen and oxygen atoms in total. The number of carbonyl (C=O) groups excluding carboxylic acids is 3. The lowest BCUT2D eigenvalue weighted by atomic mass is 9.84. The normalized spacial score (nSPS) is 14.4. The largest absolute Gasteiger partial charge is 0.507 e. The number of phenolic OH excluding ortho intramolecular Hbond substituents is 2. The zero-order valence-electron chi connectivity index (χ0n) is 19.1. The average molecular weight is 443 g/mol. The van der Waals surface area contributed by atoms with Crippen LogP contribution in [0.1, 0.15) is 98.8 Å². The number of rotatable bonds is 13. The van der Waals surface area contributed by atoms with Crippen LogP contribution in [-0.4, -0.2) is 33.9 Å². The molecule has 1 atom stereocenters. The molecule has 1 unspecified atom stereocenters. The summed E-state index contributed by atoms with van der Waals surface area (Å²) in [5.74, 6) is -2.52. The molecule has 0 amide bonds. The van der Waals surface area contributed by atoms with Crippen LogP contribution in [0.5, 0.6) is 11.5 Å². The van der Waals surface area contributed by atoms with E-state index in [0.29, 0.717) is 6.42 Å². The van der Waals surface area contributed by atoms with Crippen molar-refractivity contribution in [2.75, 3.05) is 0 Å². The van der Waals surface area contributed by atoms with Crippen molar-refractivity contribution in [2.45, 2.75) is 84.2 Å². The summed E-state index contributed by atoms with van der Waals surface area (Å²) in [5, 5.41) is 20.2. The number of esters is 1. The standard InChI is InChI=1S/C26H34O6/c1-3-5-7-8-9-10-12-13-22(32-23(30)14-11-6-4-2)18-17-21(29)24-19(27)15-16-20(28)25(24)26(18)31/h11,14-17,22,27-28H,3-10,12-13H2,1-2H3. The van der Waals surface area contributed by atoms with Crippen LogP contribution >= 0.6 is 0 Å². The van der Waals surface area contributed by atoms with Crippen LogP contribution in [0.25, 0.3) is 0 Å². The van der Waals surface area contributed by atoms with Gasteiger partial charge in [0, 0.05) is 11.6 Å². The minimum absolute atomic E-state index is 0.0339. The number of carbonyl (C=O) groups is 3. The van der Waals surface area contributed by atoms with E-state index < -0.39 is 23.6 Å². The second kappa shape index (κ2) is 12.8. The minimum Gasteiger partial charge on any atom is -0.507 e. The van der Waals surface area contributed by atoms with E-state index in [4.69, 9.17) is 4.74 Å². The van der Waals surface area contributed by atoms with E-state index in [1.165, 1.54) is 37.5 Å². The van der Waals surface area contributed by atoms with Crippen molar-refractivity contribution in [3.63, 3.8) is 0 Å². The van der Waals surface area contributed by atoms with Crippen LogP contribution in [0.3, 0.4) is 0 Å². The maximum absolute atomic E-state index is 13.1. The number of aromatic hydroxyl groups is 2. The minimum atomic E-state index is -0.893. The molecule has 0 heterocycles. The van der Waals surface area contributed by atoms with E-state index in [9.17, 15) is 24.6 Å². The average Bonchev–Trinajstić information content (AvgIpc) is 2.76. The number of ketones is 2. The Morgan fingerprint density at radius 2 is 1.56 bits per heavy atom. The molecule has 1 aliphatic carbocycles. The zero-order chi connectivity index (χ0) is 23.5. The first-order valence-electron chi connectivity index (χ1n) is 11.6. The molecule has 174 valence electrons. The summed E-state index contributed by atoms with van der Waals surface area (Å²) in [5.41, 5.74) is -0.427. The van der Waals surface area contributed by atoms with Crippen LogP contribution in [0.4, 0.5) is 0 Å². The highest BCUT2D eigenvalue weighted by atomic mass is 16.5. The number of hydrogen-bond acceptors (Lipinski definition) is 6. The van der Waals surface area contributed by atoms with Gasteiger partial charge >= 0.3 is 5.97 Å². The monoisotopic (exact) mass is 442 g/mol. The molecule has 0 fully saturated rings. The van der Waals surface area contributed by atoms with Gasteiger partial charge < -0.3 is 14.9 Å². The zero-order valence-corrected chi connectivity index (χ0v) is 19.1. The molecule has 0 saturated carbocycles. The van der Waals surface area contributed by atoms with Crippen LogP contribution < -0.4 is 0 Å². The van der Waals surface area contributed by atoms with Crippen molar-refractivity contribution in [1.82, 2.24) is 0 Å². The first-order valence-corrected chi connectivity index (χ1v) is 11.6. The van der Waals surface area contributed by atoms with E-state index in [2.05, 4.69) is 6.92 Å². The Kier molecular flexibility index (Phi) is 10.2. The molecule has 1 aliphatic rings. The third-order valence-corrected chi connectivity index (χ3v) is 5.57. The van der Waals surface area contributed by atoms with E-state index >= 15 is 0 Å². The predicted molar refractivity (Wildman–Crippen MR) is 123 cm³/mol. The fourth-order valence-electron chi connectivity index (χ4n) is 3.81. The fraction of sp³-hybridized carbons (Fsp3) is 0.500. The molecule has 2 rings (SSSR count). The van der Waals surface area contributed by atoms with Gasteiger partial charge in [0.2, 0.25) is 0 Å². The van der Waals surface area contributed by atoms with Crippen molar-refractivity contribution < 1.29 is 29.3 Å². The smallest absolute Gasteiger partial charge is 0.331 e. The third-order valence-electron chi connectivity index (χ3n) is 5.57. The Bertz CT molecular complexity index is 881. The molecule has 32 heavy (non-hydrogen) atoms. The van der Waals surface area contributed by atoms with Crippen molar-refractivity contribution in [2.24, 2.45) is 0 Å². The summed E-state index contributed by atoms with van der Waals surface area (Å²) < 4.78 is 5.57. The first-order chi connectivity index (χ1) is 15.4. The van der Waals surface area contributed by atoms with Gasteiger partial charge in [-0.05, 0) is 37.5 Å². The molecule has 0 bridgehead atoms. The van der Waals surface area contributed by atoms with Gasteiger partial charge in [-0.1, -0.05) is 64.9 Å². The topological polar surface area (TPSA) is 101 Å². The van der Waals surface area contributed by atoms with Gasteiger partial charge in [0.25, 0.3) is 0 Å². The Balaban J connectivity index is 2.18. The number of benzene rings is 1. The molecule has 0 saturated heterocycles. The Morgan fingerprint density at radius 3 is 2.22 bits per heavy atom. The predicted octanol–water partition coefficient (Wildman–Crippen LogP) is 5.81. The van der Waals surface area contributed by atoms with Crippen molar-refractivity contribution >= 4 is 17.5 Å². The van der Waals surface area contributed by atoms with Crippen LogP contribution in [0.2, 0.25) is 0 Å².